The first kappa shape index (κ1) is 16.3. The molecule has 24 heavy (non-hydrogen) atoms. The lowest BCUT2D eigenvalue weighted by Crippen LogP contribution is -2.53. The van der Waals surface area contributed by atoms with Gasteiger partial charge in [-0.25, -0.2) is 4.79 Å². The number of amides is 3. The molecular weight excluding hydrogens is 302 g/mol. The number of piperazine rings is 1. The van der Waals surface area contributed by atoms with Crippen molar-refractivity contribution in [1.82, 2.24) is 15.1 Å². The second kappa shape index (κ2) is 7.34. The first-order valence-corrected chi connectivity index (χ1v) is 8.46. The van der Waals surface area contributed by atoms with Crippen LogP contribution in [-0.2, 0) is 11.2 Å². The third-order valence-electron chi connectivity index (χ3n) is 4.47. The van der Waals surface area contributed by atoms with Crippen LogP contribution in [0.5, 0.6) is 0 Å². The predicted molar refractivity (Wildman–Crippen MR) is 94.9 cm³/mol. The molecule has 3 amide bonds. The van der Waals surface area contributed by atoms with Gasteiger partial charge in [-0.3, -0.25) is 4.79 Å². The van der Waals surface area contributed by atoms with Gasteiger partial charge < -0.3 is 15.1 Å². The third-order valence-corrected chi connectivity index (χ3v) is 4.47. The minimum Gasteiger partial charge on any atom is -0.339 e. The smallest absolute Gasteiger partial charge is 0.317 e. The average molecular weight is 325 g/mol. The Kier molecular flexibility index (Phi) is 4.99. The molecule has 0 saturated carbocycles. The number of rotatable bonds is 3. The molecule has 1 fully saturated rings. The lowest BCUT2D eigenvalue weighted by molar-refractivity contribution is -0.131. The molecule has 0 bridgehead atoms. The van der Waals surface area contributed by atoms with Gasteiger partial charge in [0.15, 0.2) is 0 Å². The van der Waals surface area contributed by atoms with Gasteiger partial charge in [0.25, 0.3) is 0 Å². The monoisotopic (exact) mass is 325 g/mol. The molecule has 1 heterocycles. The number of benzene rings is 2. The normalized spacial score (nSPS) is 14.7. The van der Waals surface area contributed by atoms with Gasteiger partial charge in [0.2, 0.25) is 5.91 Å². The summed E-state index contributed by atoms with van der Waals surface area (Å²) >= 11 is 0. The van der Waals surface area contributed by atoms with Crippen molar-refractivity contribution in [2.24, 2.45) is 0 Å². The highest BCUT2D eigenvalue weighted by molar-refractivity contribution is 5.90. The zero-order valence-corrected chi connectivity index (χ0v) is 14.0. The first-order valence-electron chi connectivity index (χ1n) is 8.46. The SMILES string of the molecule is CCNC(=O)N1CCN(C(=O)Cc2cccc3ccccc23)CC1. The summed E-state index contributed by atoms with van der Waals surface area (Å²) in [6.07, 6.45) is 0.405. The van der Waals surface area contributed by atoms with E-state index in [0.717, 1.165) is 16.3 Å². The number of carbonyl (C=O) groups excluding carboxylic acids is 2. The van der Waals surface area contributed by atoms with Crippen molar-refractivity contribution in [3.63, 3.8) is 0 Å². The lowest BCUT2D eigenvalue weighted by atomic mass is 10.0. The molecule has 0 radical (unpaired) electrons. The van der Waals surface area contributed by atoms with E-state index in [1.54, 1.807) is 4.90 Å². The molecule has 126 valence electrons. The Hall–Kier alpha value is -2.56. The van der Waals surface area contributed by atoms with Gasteiger partial charge in [-0.05, 0) is 23.3 Å². The Morgan fingerprint density at radius 2 is 1.62 bits per heavy atom. The number of urea groups is 1. The van der Waals surface area contributed by atoms with Gasteiger partial charge in [0, 0.05) is 32.7 Å². The third kappa shape index (κ3) is 3.50. The highest BCUT2D eigenvalue weighted by Gasteiger charge is 2.24. The molecule has 0 unspecified atom stereocenters. The molecule has 1 aliphatic rings. The van der Waals surface area contributed by atoms with E-state index in [4.69, 9.17) is 0 Å². The van der Waals surface area contributed by atoms with E-state index in [9.17, 15) is 9.59 Å². The zero-order valence-electron chi connectivity index (χ0n) is 14.0. The van der Waals surface area contributed by atoms with E-state index in [2.05, 4.69) is 23.5 Å². The second-order valence-corrected chi connectivity index (χ2v) is 6.02. The summed E-state index contributed by atoms with van der Waals surface area (Å²) in [4.78, 5) is 28.1. The van der Waals surface area contributed by atoms with Crippen molar-refractivity contribution >= 4 is 22.7 Å². The number of nitrogens with one attached hydrogen (secondary N) is 1. The molecule has 1 aliphatic heterocycles. The molecule has 2 aromatic rings. The standard InChI is InChI=1S/C19H23N3O2/c1-2-20-19(24)22-12-10-21(11-13-22)18(23)14-16-8-5-7-15-6-3-4-9-17(15)16/h3-9H,2,10-14H2,1H3,(H,20,24). The largest absolute Gasteiger partial charge is 0.339 e. The van der Waals surface area contributed by atoms with Gasteiger partial charge in [-0.2, -0.15) is 0 Å². The Morgan fingerprint density at radius 3 is 2.38 bits per heavy atom. The molecule has 0 aliphatic carbocycles. The molecule has 2 aromatic carbocycles. The van der Waals surface area contributed by atoms with Crippen LogP contribution in [0.4, 0.5) is 4.79 Å². The van der Waals surface area contributed by atoms with Gasteiger partial charge in [-0.15, -0.1) is 0 Å². The average Bonchev–Trinajstić information content (AvgIpc) is 2.62. The maximum atomic E-state index is 12.6. The van der Waals surface area contributed by atoms with Crippen LogP contribution in [0.2, 0.25) is 0 Å². The maximum absolute atomic E-state index is 12.6. The quantitative estimate of drug-likeness (QED) is 0.941. The van der Waals surface area contributed by atoms with Gasteiger partial charge in [-0.1, -0.05) is 42.5 Å². The Morgan fingerprint density at radius 1 is 0.958 bits per heavy atom. The van der Waals surface area contributed by atoms with Crippen LogP contribution in [0.15, 0.2) is 42.5 Å². The molecule has 5 nitrogen and oxygen atoms in total. The summed E-state index contributed by atoms with van der Waals surface area (Å²) in [5, 5.41) is 5.09. The predicted octanol–water partition coefficient (Wildman–Crippen LogP) is 2.26. The van der Waals surface area contributed by atoms with Crippen LogP contribution < -0.4 is 5.32 Å². The van der Waals surface area contributed by atoms with Crippen LogP contribution >= 0.6 is 0 Å². The minimum absolute atomic E-state index is 0.0429. The van der Waals surface area contributed by atoms with Gasteiger partial charge in [0.05, 0.1) is 6.42 Å². The van der Waals surface area contributed by atoms with Gasteiger partial charge in [0.1, 0.15) is 0 Å². The fourth-order valence-electron chi connectivity index (χ4n) is 3.14. The Labute approximate surface area is 142 Å². The van der Waals surface area contributed by atoms with E-state index >= 15 is 0 Å². The molecule has 0 atom stereocenters. The highest BCUT2D eigenvalue weighted by Crippen LogP contribution is 2.19. The van der Waals surface area contributed by atoms with E-state index in [-0.39, 0.29) is 11.9 Å². The summed E-state index contributed by atoms with van der Waals surface area (Å²) in [5.74, 6) is 0.127. The lowest BCUT2D eigenvalue weighted by Gasteiger charge is -2.34. The van der Waals surface area contributed by atoms with E-state index in [1.807, 2.05) is 36.1 Å². The summed E-state index contributed by atoms with van der Waals surface area (Å²) in [6, 6.07) is 14.2. The van der Waals surface area contributed by atoms with E-state index in [0.29, 0.717) is 39.1 Å². The minimum atomic E-state index is -0.0429. The highest BCUT2D eigenvalue weighted by atomic mass is 16.2. The van der Waals surface area contributed by atoms with E-state index in [1.165, 1.54) is 0 Å². The number of fused-ring (bicyclic) bond motifs is 1. The van der Waals surface area contributed by atoms with Crippen LogP contribution in [0.1, 0.15) is 12.5 Å². The number of carbonyl (C=O) groups is 2. The summed E-state index contributed by atoms with van der Waals surface area (Å²) in [6.45, 7) is 4.91. The molecule has 1 N–H and O–H groups in total. The summed E-state index contributed by atoms with van der Waals surface area (Å²) in [7, 11) is 0. The second-order valence-electron chi connectivity index (χ2n) is 6.02. The first-order chi connectivity index (χ1) is 11.7. The van der Waals surface area contributed by atoms with Crippen molar-refractivity contribution < 1.29 is 9.59 Å². The fourth-order valence-corrected chi connectivity index (χ4v) is 3.14. The summed E-state index contributed by atoms with van der Waals surface area (Å²) < 4.78 is 0. The van der Waals surface area contributed by atoms with Crippen molar-refractivity contribution in [3.05, 3.63) is 48.0 Å². The number of nitrogens with zero attached hydrogens (tertiary/aromatic N) is 2. The van der Waals surface area contributed by atoms with Gasteiger partial charge >= 0.3 is 6.03 Å². The van der Waals surface area contributed by atoms with Crippen molar-refractivity contribution in [1.29, 1.82) is 0 Å². The van der Waals surface area contributed by atoms with Crippen LogP contribution in [0.25, 0.3) is 10.8 Å². The molecule has 0 spiro atoms. The van der Waals surface area contributed by atoms with Crippen molar-refractivity contribution in [2.45, 2.75) is 13.3 Å². The molecule has 0 aromatic heterocycles. The Bertz CT molecular complexity index is 731. The molecule has 1 saturated heterocycles. The maximum Gasteiger partial charge on any atom is 0.317 e. The topological polar surface area (TPSA) is 52.7 Å². The molecular formula is C19H23N3O2. The number of hydrogen-bond acceptors (Lipinski definition) is 2. The van der Waals surface area contributed by atoms with Crippen molar-refractivity contribution in [2.75, 3.05) is 32.7 Å². The van der Waals surface area contributed by atoms with Crippen LogP contribution in [0.3, 0.4) is 0 Å². The number of hydrogen-bond donors (Lipinski definition) is 1. The Balaban J connectivity index is 1.63. The molecule has 5 heteroatoms. The zero-order chi connectivity index (χ0) is 16.9. The van der Waals surface area contributed by atoms with Crippen LogP contribution in [0, 0.1) is 0 Å². The van der Waals surface area contributed by atoms with E-state index < -0.39 is 0 Å². The fraction of sp³-hybridized carbons (Fsp3) is 0.368. The van der Waals surface area contributed by atoms with Crippen LogP contribution in [-0.4, -0.2) is 54.5 Å². The molecule has 3 rings (SSSR count). The van der Waals surface area contributed by atoms with Crippen molar-refractivity contribution in [3.8, 4) is 0 Å². The summed E-state index contributed by atoms with van der Waals surface area (Å²) in [5.41, 5.74) is 1.06.